The van der Waals surface area contributed by atoms with Crippen molar-refractivity contribution >= 4 is 0 Å². The van der Waals surface area contributed by atoms with Crippen LogP contribution in [0.25, 0.3) is 0 Å². The fourth-order valence-electron chi connectivity index (χ4n) is 1.98. The third-order valence-electron chi connectivity index (χ3n) is 2.81. The lowest BCUT2D eigenvalue weighted by Gasteiger charge is -2.27. The van der Waals surface area contributed by atoms with Crippen molar-refractivity contribution in [1.82, 2.24) is 15.5 Å². The van der Waals surface area contributed by atoms with Gasteiger partial charge in [-0.25, -0.2) is 0 Å². The van der Waals surface area contributed by atoms with Gasteiger partial charge in [0.1, 0.15) is 0 Å². The molecule has 0 amide bonds. The molecule has 2 N–H and O–H groups in total. The zero-order valence-corrected chi connectivity index (χ0v) is 8.94. The second kappa shape index (κ2) is 4.72. The van der Waals surface area contributed by atoms with Crippen LogP contribution in [0, 0.1) is 6.92 Å². The standard InChI is InChI=1S/C10H17N3O2/c1-7-12-13-10(15-7)6-11-8-4-2-3-5-9(8)14/h8-9,11,14H,2-6H2,1H3. The van der Waals surface area contributed by atoms with Gasteiger partial charge in [0.25, 0.3) is 0 Å². The summed E-state index contributed by atoms with van der Waals surface area (Å²) in [5, 5.41) is 20.6. The smallest absolute Gasteiger partial charge is 0.230 e. The normalized spacial score (nSPS) is 26.8. The fraction of sp³-hybridized carbons (Fsp3) is 0.800. The molecule has 0 aliphatic heterocycles. The summed E-state index contributed by atoms with van der Waals surface area (Å²) in [6.45, 7) is 2.31. The van der Waals surface area contributed by atoms with Gasteiger partial charge >= 0.3 is 0 Å². The minimum Gasteiger partial charge on any atom is -0.424 e. The van der Waals surface area contributed by atoms with E-state index in [0.29, 0.717) is 18.3 Å². The van der Waals surface area contributed by atoms with Gasteiger partial charge in [-0.15, -0.1) is 10.2 Å². The Kier molecular flexibility index (Phi) is 3.33. The maximum atomic E-state index is 9.72. The average Bonchev–Trinajstić information content (AvgIpc) is 2.63. The molecule has 2 atom stereocenters. The number of aromatic nitrogens is 2. The first-order valence-corrected chi connectivity index (χ1v) is 5.46. The molecule has 2 rings (SSSR count). The molecule has 1 saturated carbocycles. The first kappa shape index (κ1) is 10.6. The molecule has 15 heavy (non-hydrogen) atoms. The Bertz CT molecular complexity index is 313. The van der Waals surface area contributed by atoms with Crippen LogP contribution in [-0.2, 0) is 6.54 Å². The molecule has 1 heterocycles. The van der Waals surface area contributed by atoms with Gasteiger partial charge in [-0.2, -0.15) is 0 Å². The number of aryl methyl sites for hydroxylation is 1. The Morgan fingerprint density at radius 1 is 1.40 bits per heavy atom. The van der Waals surface area contributed by atoms with Crippen LogP contribution in [-0.4, -0.2) is 27.4 Å². The van der Waals surface area contributed by atoms with E-state index in [1.165, 1.54) is 6.42 Å². The van der Waals surface area contributed by atoms with Gasteiger partial charge in [-0.1, -0.05) is 12.8 Å². The molecule has 0 radical (unpaired) electrons. The summed E-state index contributed by atoms with van der Waals surface area (Å²) in [6, 6.07) is 0.172. The summed E-state index contributed by atoms with van der Waals surface area (Å²) in [5.41, 5.74) is 0. The second-order valence-electron chi connectivity index (χ2n) is 4.05. The lowest BCUT2D eigenvalue weighted by molar-refractivity contribution is 0.0890. The van der Waals surface area contributed by atoms with Crippen molar-refractivity contribution in [1.29, 1.82) is 0 Å². The Hall–Kier alpha value is -0.940. The second-order valence-corrected chi connectivity index (χ2v) is 4.05. The highest BCUT2D eigenvalue weighted by Crippen LogP contribution is 2.18. The third-order valence-corrected chi connectivity index (χ3v) is 2.81. The number of hydrogen-bond acceptors (Lipinski definition) is 5. The van der Waals surface area contributed by atoms with Gasteiger partial charge in [-0.05, 0) is 12.8 Å². The van der Waals surface area contributed by atoms with Gasteiger partial charge in [0.05, 0.1) is 12.6 Å². The van der Waals surface area contributed by atoms with E-state index in [1.807, 2.05) is 0 Å². The topological polar surface area (TPSA) is 71.2 Å². The van der Waals surface area contributed by atoms with Crippen molar-refractivity contribution in [3.63, 3.8) is 0 Å². The Balaban J connectivity index is 1.81. The number of aliphatic hydroxyl groups excluding tert-OH is 1. The Labute approximate surface area is 88.9 Å². The van der Waals surface area contributed by atoms with Crippen LogP contribution in [0.2, 0.25) is 0 Å². The Morgan fingerprint density at radius 3 is 2.87 bits per heavy atom. The lowest BCUT2D eigenvalue weighted by Crippen LogP contribution is -2.41. The van der Waals surface area contributed by atoms with E-state index >= 15 is 0 Å². The molecule has 1 aromatic heterocycles. The van der Waals surface area contributed by atoms with Gasteiger partial charge < -0.3 is 14.8 Å². The molecule has 5 heteroatoms. The molecule has 1 fully saturated rings. The predicted molar refractivity (Wildman–Crippen MR) is 54.1 cm³/mol. The summed E-state index contributed by atoms with van der Waals surface area (Å²) in [5.74, 6) is 1.17. The molecule has 0 aromatic carbocycles. The van der Waals surface area contributed by atoms with Crippen LogP contribution in [0.15, 0.2) is 4.42 Å². The van der Waals surface area contributed by atoms with Gasteiger partial charge in [0.15, 0.2) is 0 Å². The molecule has 2 unspecified atom stereocenters. The maximum absolute atomic E-state index is 9.72. The highest BCUT2D eigenvalue weighted by Gasteiger charge is 2.22. The average molecular weight is 211 g/mol. The first-order chi connectivity index (χ1) is 7.25. The summed E-state index contributed by atoms with van der Waals surface area (Å²) in [6.07, 6.45) is 3.98. The van der Waals surface area contributed by atoms with Crippen LogP contribution < -0.4 is 5.32 Å². The van der Waals surface area contributed by atoms with Crippen molar-refractivity contribution in [2.75, 3.05) is 0 Å². The number of rotatable bonds is 3. The minimum absolute atomic E-state index is 0.172. The number of nitrogens with one attached hydrogen (secondary N) is 1. The SMILES string of the molecule is Cc1nnc(CNC2CCCCC2O)o1. The van der Waals surface area contributed by atoms with E-state index in [1.54, 1.807) is 6.92 Å². The molecular weight excluding hydrogens is 194 g/mol. The van der Waals surface area contributed by atoms with Crippen LogP contribution in [0.3, 0.4) is 0 Å². The largest absolute Gasteiger partial charge is 0.424 e. The number of nitrogens with zero attached hydrogens (tertiary/aromatic N) is 2. The third kappa shape index (κ3) is 2.76. The van der Waals surface area contributed by atoms with E-state index < -0.39 is 0 Å². The zero-order valence-electron chi connectivity index (χ0n) is 8.94. The summed E-state index contributed by atoms with van der Waals surface area (Å²) < 4.78 is 5.24. The first-order valence-electron chi connectivity index (χ1n) is 5.46. The molecule has 0 saturated heterocycles. The fourth-order valence-corrected chi connectivity index (χ4v) is 1.98. The quantitative estimate of drug-likeness (QED) is 0.772. The van der Waals surface area contributed by atoms with Crippen LogP contribution >= 0.6 is 0 Å². The molecule has 1 aromatic rings. The van der Waals surface area contributed by atoms with Crippen molar-refractivity contribution in [3.05, 3.63) is 11.8 Å². The van der Waals surface area contributed by atoms with Gasteiger partial charge in [0, 0.05) is 13.0 Å². The monoisotopic (exact) mass is 211 g/mol. The molecular formula is C10H17N3O2. The predicted octanol–water partition coefficient (Wildman–Crippen LogP) is 0.771. The lowest BCUT2D eigenvalue weighted by atomic mass is 9.93. The molecule has 84 valence electrons. The van der Waals surface area contributed by atoms with Gasteiger partial charge in [-0.3, -0.25) is 0 Å². The molecule has 0 spiro atoms. The minimum atomic E-state index is -0.234. The van der Waals surface area contributed by atoms with Crippen molar-refractivity contribution in [2.24, 2.45) is 0 Å². The molecule has 1 aliphatic carbocycles. The molecule has 0 bridgehead atoms. The van der Waals surface area contributed by atoms with E-state index in [-0.39, 0.29) is 12.1 Å². The highest BCUT2D eigenvalue weighted by molar-refractivity contribution is 4.84. The number of hydrogen-bond donors (Lipinski definition) is 2. The van der Waals surface area contributed by atoms with Crippen molar-refractivity contribution in [3.8, 4) is 0 Å². The molecule has 5 nitrogen and oxygen atoms in total. The highest BCUT2D eigenvalue weighted by atomic mass is 16.4. The van der Waals surface area contributed by atoms with Crippen molar-refractivity contribution < 1.29 is 9.52 Å². The van der Waals surface area contributed by atoms with E-state index in [9.17, 15) is 5.11 Å². The van der Waals surface area contributed by atoms with Crippen LogP contribution in [0.5, 0.6) is 0 Å². The maximum Gasteiger partial charge on any atom is 0.230 e. The van der Waals surface area contributed by atoms with E-state index in [2.05, 4.69) is 15.5 Å². The summed E-state index contributed by atoms with van der Waals surface area (Å²) >= 11 is 0. The van der Waals surface area contributed by atoms with Crippen LogP contribution in [0.4, 0.5) is 0 Å². The molecule has 1 aliphatic rings. The Morgan fingerprint density at radius 2 is 2.20 bits per heavy atom. The van der Waals surface area contributed by atoms with Crippen LogP contribution in [0.1, 0.15) is 37.5 Å². The van der Waals surface area contributed by atoms with E-state index in [0.717, 1.165) is 19.3 Å². The van der Waals surface area contributed by atoms with Crippen molar-refractivity contribution in [2.45, 2.75) is 51.3 Å². The van der Waals surface area contributed by atoms with Gasteiger partial charge in [0.2, 0.25) is 11.8 Å². The van der Waals surface area contributed by atoms with E-state index in [4.69, 9.17) is 4.42 Å². The number of aliphatic hydroxyl groups is 1. The summed E-state index contributed by atoms with van der Waals surface area (Å²) in [7, 11) is 0. The zero-order chi connectivity index (χ0) is 10.7. The summed E-state index contributed by atoms with van der Waals surface area (Å²) in [4.78, 5) is 0.